The summed E-state index contributed by atoms with van der Waals surface area (Å²) < 4.78 is 5.30. The fraction of sp³-hybridized carbons (Fsp3) is 0.692. The number of carbonyl (C=O) groups is 2. The van der Waals surface area contributed by atoms with E-state index in [-0.39, 0.29) is 5.92 Å². The molecule has 0 aromatic carbocycles. The summed E-state index contributed by atoms with van der Waals surface area (Å²) in [6, 6.07) is -0.406. The van der Waals surface area contributed by atoms with E-state index >= 15 is 0 Å². The van der Waals surface area contributed by atoms with Crippen molar-refractivity contribution < 1.29 is 14.3 Å². The van der Waals surface area contributed by atoms with Crippen molar-refractivity contribution in [3.05, 3.63) is 11.6 Å². The Morgan fingerprint density at radius 1 is 1.47 bits per heavy atom. The maximum absolute atomic E-state index is 12.0. The Bertz CT molecular complexity index is 341. The molecule has 17 heavy (non-hydrogen) atoms. The predicted molar refractivity (Wildman–Crippen MR) is 65.7 cm³/mol. The van der Waals surface area contributed by atoms with Gasteiger partial charge in [0.25, 0.3) is 0 Å². The molecule has 4 nitrogen and oxygen atoms in total. The highest BCUT2D eigenvalue weighted by Gasteiger charge is 2.39. The molecule has 0 aliphatic carbocycles. The van der Waals surface area contributed by atoms with Gasteiger partial charge in [-0.2, -0.15) is 0 Å². The largest absolute Gasteiger partial charge is 0.444 e. The first-order valence-corrected chi connectivity index (χ1v) is 5.90. The van der Waals surface area contributed by atoms with Crippen LogP contribution in [-0.2, 0) is 9.53 Å². The minimum atomic E-state index is -0.535. The van der Waals surface area contributed by atoms with Crippen LogP contribution in [0, 0.1) is 5.92 Å². The SMILES string of the molecule is C/C=C1/CN(C(=O)OC(C)(C)C)[C@H](C=O)[C@@H]1C. The number of ether oxygens (including phenoxy) is 1. The zero-order valence-electron chi connectivity index (χ0n) is 11.2. The van der Waals surface area contributed by atoms with Crippen LogP contribution >= 0.6 is 0 Å². The molecule has 0 saturated carbocycles. The van der Waals surface area contributed by atoms with E-state index < -0.39 is 17.7 Å². The normalized spacial score (nSPS) is 27.4. The van der Waals surface area contributed by atoms with Crippen LogP contribution < -0.4 is 0 Å². The van der Waals surface area contributed by atoms with E-state index in [4.69, 9.17) is 4.74 Å². The van der Waals surface area contributed by atoms with Crippen LogP contribution in [0.15, 0.2) is 11.6 Å². The summed E-state index contributed by atoms with van der Waals surface area (Å²) in [5, 5.41) is 0. The zero-order valence-corrected chi connectivity index (χ0v) is 11.2. The Labute approximate surface area is 103 Å². The molecule has 0 aromatic rings. The lowest BCUT2D eigenvalue weighted by Crippen LogP contribution is -2.41. The van der Waals surface area contributed by atoms with Gasteiger partial charge in [0.2, 0.25) is 0 Å². The number of carbonyl (C=O) groups excluding carboxylic acids is 2. The van der Waals surface area contributed by atoms with Crippen molar-refractivity contribution in [3.63, 3.8) is 0 Å². The second kappa shape index (κ2) is 4.90. The molecule has 4 heteroatoms. The molecule has 2 atom stereocenters. The van der Waals surface area contributed by atoms with Gasteiger partial charge in [0.05, 0.1) is 6.04 Å². The van der Waals surface area contributed by atoms with Crippen molar-refractivity contribution in [1.82, 2.24) is 4.90 Å². The van der Waals surface area contributed by atoms with Crippen LogP contribution in [0.4, 0.5) is 4.79 Å². The molecular weight excluding hydrogens is 218 g/mol. The lowest BCUT2D eigenvalue weighted by Gasteiger charge is -2.26. The van der Waals surface area contributed by atoms with Gasteiger partial charge in [0, 0.05) is 12.5 Å². The second-order valence-corrected chi connectivity index (χ2v) is 5.39. The van der Waals surface area contributed by atoms with E-state index in [1.807, 2.05) is 40.7 Å². The third kappa shape index (κ3) is 3.08. The highest BCUT2D eigenvalue weighted by Crippen LogP contribution is 2.29. The lowest BCUT2D eigenvalue weighted by molar-refractivity contribution is -0.112. The molecule has 0 bridgehead atoms. The average molecular weight is 239 g/mol. The topological polar surface area (TPSA) is 46.6 Å². The molecule has 0 spiro atoms. The first-order valence-electron chi connectivity index (χ1n) is 5.90. The van der Waals surface area contributed by atoms with E-state index in [9.17, 15) is 9.59 Å². The van der Waals surface area contributed by atoms with Crippen molar-refractivity contribution in [2.24, 2.45) is 5.92 Å². The van der Waals surface area contributed by atoms with Crippen molar-refractivity contribution in [2.45, 2.75) is 46.3 Å². The van der Waals surface area contributed by atoms with Gasteiger partial charge in [-0.05, 0) is 33.3 Å². The van der Waals surface area contributed by atoms with Gasteiger partial charge in [-0.3, -0.25) is 4.90 Å². The van der Waals surface area contributed by atoms with E-state index in [1.165, 1.54) is 4.90 Å². The molecule has 1 aliphatic heterocycles. The van der Waals surface area contributed by atoms with Gasteiger partial charge in [-0.1, -0.05) is 13.0 Å². The molecule has 0 unspecified atom stereocenters. The third-order valence-corrected chi connectivity index (χ3v) is 2.95. The monoisotopic (exact) mass is 239 g/mol. The van der Waals surface area contributed by atoms with Gasteiger partial charge in [-0.15, -0.1) is 0 Å². The number of hydrogen-bond acceptors (Lipinski definition) is 3. The van der Waals surface area contributed by atoms with Gasteiger partial charge in [0.15, 0.2) is 0 Å². The first-order chi connectivity index (χ1) is 7.80. The first kappa shape index (κ1) is 13.7. The molecule has 0 aromatic heterocycles. The minimum Gasteiger partial charge on any atom is -0.444 e. The quantitative estimate of drug-likeness (QED) is 0.521. The van der Waals surface area contributed by atoms with Crippen LogP contribution in [0.3, 0.4) is 0 Å². The number of hydrogen-bond donors (Lipinski definition) is 0. The van der Waals surface area contributed by atoms with Crippen LogP contribution in [-0.4, -0.2) is 35.5 Å². The molecular formula is C13H21NO3. The molecule has 1 saturated heterocycles. The molecule has 0 N–H and O–H groups in total. The maximum atomic E-state index is 12.0. The van der Waals surface area contributed by atoms with E-state index in [1.54, 1.807) is 0 Å². The van der Waals surface area contributed by atoms with Crippen molar-refractivity contribution in [2.75, 3.05) is 6.54 Å². The van der Waals surface area contributed by atoms with Crippen molar-refractivity contribution >= 4 is 12.4 Å². The summed E-state index contributed by atoms with van der Waals surface area (Å²) in [5.74, 6) is 0.0741. The van der Waals surface area contributed by atoms with Gasteiger partial charge in [-0.25, -0.2) is 4.79 Å². The van der Waals surface area contributed by atoms with Crippen LogP contribution in [0.2, 0.25) is 0 Å². The minimum absolute atomic E-state index is 0.0741. The number of likely N-dealkylation sites (tertiary alicyclic amines) is 1. The molecule has 1 amide bonds. The summed E-state index contributed by atoms with van der Waals surface area (Å²) in [4.78, 5) is 24.5. The van der Waals surface area contributed by atoms with Gasteiger partial charge < -0.3 is 9.53 Å². The fourth-order valence-electron chi connectivity index (χ4n) is 1.99. The molecule has 1 fully saturated rings. The number of amides is 1. The smallest absolute Gasteiger partial charge is 0.411 e. The summed E-state index contributed by atoms with van der Waals surface area (Å²) in [5.41, 5.74) is 0.569. The highest BCUT2D eigenvalue weighted by molar-refractivity contribution is 5.76. The third-order valence-electron chi connectivity index (χ3n) is 2.95. The second-order valence-electron chi connectivity index (χ2n) is 5.39. The van der Waals surface area contributed by atoms with Crippen LogP contribution in [0.25, 0.3) is 0 Å². The van der Waals surface area contributed by atoms with Crippen molar-refractivity contribution in [3.8, 4) is 0 Å². The number of aldehydes is 1. The Hall–Kier alpha value is -1.32. The summed E-state index contributed by atoms with van der Waals surface area (Å²) in [6.07, 6.45) is 2.37. The zero-order chi connectivity index (χ0) is 13.2. The average Bonchev–Trinajstić information content (AvgIpc) is 2.52. The number of rotatable bonds is 1. The Balaban J connectivity index is 2.84. The van der Waals surface area contributed by atoms with Gasteiger partial charge in [0.1, 0.15) is 11.9 Å². The molecule has 96 valence electrons. The van der Waals surface area contributed by atoms with Crippen molar-refractivity contribution in [1.29, 1.82) is 0 Å². The lowest BCUT2D eigenvalue weighted by atomic mass is 9.99. The molecule has 1 heterocycles. The fourth-order valence-corrected chi connectivity index (χ4v) is 1.99. The molecule has 1 rings (SSSR count). The Kier molecular flexibility index (Phi) is 3.96. The van der Waals surface area contributed by atoms with E-state index in [0.29, 0.717) is 6.54 Å². The maximum Gasteiger partial charge on any atom is 0.411 e. The van der Waals surface area contributed by atoms with Gasteiger partial charge >= 0.3 is 6.09 Å². The standard InChI is InChI=1S/C13H21NO3/c1-6-10-7-14(11(8-15)9(10)2)12(16)17-13(3,4)5/h6,8-9,11H,7H2,1-5H3/b10-6-/t9-,11-/m1/s1. The van der Waals surface area contributed by atoms with Crippen LogP contribution in [0.1, 0.15) is 34.6 Å². The predicted octanol–water partition coefficient (Wildman–Crippen LogP) is 2.39. The highest BCUT2D eigenvalue weighted by atomic mass is 16.6. The summed E-state index contributed by atoms with van der Waals surface area (Å²) >= 11 is 0. The Morgan fingerprint density at radius 2 is 2.06 bits per heavy atom. The number of nitrogens with zero attached hydrogens (tertiary/aromatic N) is 1. The van der Waals surface area contributed by atoms with E-state index in [2.05, 4.69) is 0 Å². The summed E-state index contributed by atoms with van der Waals surface area (Å²) in [6.45, 7) is 9.81. The Morgan fingerprint density at radius 3 is 2.47 bits per heavy atom. The molecule has 0 radical (unpaired) electrons. The number of allylic oxidation sites excluding steroid dienone is 1. The van der Waals surface area contributed by atoms with E-state index in [0.717, 1.165) is 11.9 Å². The molecule has 1 aliphatic rings. The van der Waals surface area contributed by atoms with Crippen LogP contribution in [0.5, 0.6) is 0 Å². The summed E-state index contributed by atoms with van der Waals surface area (Å²) in [7, 11) is 0.